The number of carbonyl (C=O) groups is 2. The first kappa shape index (κ1) is 23.3. The number of nitrogen functional groups attached to an aromatic ring is 1. The minimum atomic E-state index is -0.477. The van der Waals surface area contributed by atoms with Gasteiger partial charge in [0.05, 0.1) is 6.04 Å². The third-order valence-electron chi connectivity index (χ3n) is 5.36. The van der Waals surface area contributed by atoms with E-state index in [1.807, 2.05) is 60.7 Å². The minimum absolute atomic E-state index is 0.0860. The first-order valence-electron chi connectivity index (χ1n) is 11.0. The fourth-order valence-electron chi connectivity index (χ4n) is 3.66. The molecule has 0 radical (unpaired) electrons. The number of nitrogens with two attached hydrogens (primary N) is 1. The van der Waals surface area contributed by atoms with Crippen LogP contribution in [-0.2, 0) is 0 Å². The lowest BCUT2D eigenvalue weighted by Crippen LogP contribution is -2.29. The molecule has 4 rings (SSSR count). The summed E-state index contributed by atoms with van der Waals surface area (Å²) in [5, 5.41) is 16.1. The number of anilines is 2. The van der Waals surface area contributed by atoms with E-state index < -0.39 is 6.03 Å². The molecule has 6 N–H and O–H groups in total. The fraction of sp³-hybridized carbons (Fsp3) is 0.0357. The van der Waals surface area contributed by atoms with Gasteiger partial charge in [0, 0.05) is 22.5 Å². The van der Waals surface area contributed by atoms with Crippen molar-refractivity contribution in [1.82, 2.24) is 5.32 Å². The van der Waals surface area contributed by atoms with Crippen LogP contribution in [0.2, 0.25) is 0 Å². The summed E-state index contributed by atoms with van der Waals surface area (Å²) < 4.78 is 0. The molecule has 0 atom stereocenters. The molecule has 0 saturated heterocycles. The molecule has 0 unspecified atom stereocenters. The van der Waals surface area contributed by atoms with E-state index in [-0.39, 0.29) is 17.8 Å². The predicted octanol–water partition coefficient (Wildman–Crippen LogP) is 5.13. The molecule has 0 fully saturated rings. The van der Waals surface area contributed by atoms with Crippen LogP contribution in [0.4, 0.5) is 16.2 Å². The van der Waals surface area contributed by atoms with Crippen LogP contribution in [0.15, 0.2) is 109 Å². The number of hydrogen-bond acceptors (Lipinski definition) is 3. The van der Waals surface area contributed by atoms with Crippen LogP contribution >= 0.6 is 0 Å². The second-order valence-corrected chi connectivity index (χ2v) is 7.88. The van der Waals surface area contributed by atoms with E-state index in [1.165, 1.54) is 0 Å². The zero-order valence-electron chi connectivity index (χ0n) is 18.9. The molecule has 174 valence electrons. The van der Waals surface area contributed by atoms with Crippen LogP contribution in [0.25, 0.3) is 0 Å². The molecule has 7 heteroatoms. The van der Waals surface area contributed by atoms with E-state index in [0.717, 1.165) is 11.1 Å². The number of rotatable bonds is 7. The Kier molecular flexibility index (Phi) is 7.18. The van der Waals surface area contributed by atoms with Crippen molar-refractivity contribution in [2.75, 3.05) is 10.6 Å². The lowest BCUT2D eigenvalue weighted by atomic mass is 9.98. The second kappa shape index (κ2) is 10.8. The molecule has 4 aromatic carbocycles. The summed E-state index contributed by atoms with van der Waals surface area (Å²) >= 11 is 0. The zero-order chi connectivity index (χ0) is 24.6. The molecule has 0 aliphatic rings. The SMILES string of the molecule is N=C(N)c1cccc(NC(=O)Nc2cccc(C(=O)NC(c3ccccc3)c3ccccc3)c2)c1. The molecule has 3 amide bonds. The van der Waals surface area contributed by atoms with Crippen molar-refractivity contribution < 1.29 is 9.59 Å². The predicted molar refractivity (Wildman–Crippen MR) is 139 cm³/mol. The van der Waals surface area contributed by atoms with Crippen LogP contribution in [0.1, 0.15) is 33.1 Å². The Bertz CT molecular complexity index is 1300. The molecule has 0 aliphatic carbocycles. The van der Waals surface area contributed by atoms with Gasteiger partial charge in [0.1, 0.15) is 5.84 Å². The largest absolute Gasteiger partial charge is 0.384 e. The van der Waals surface area contributed by atoms with E-state index in [9.17, 15) is 9.59 Å². The first-order chi connectivity index (χ1) is 17.0. The van der Waals surface area contributed by atoms with E-state index >= 15 is 0 Å². The Hall–Kier alpha value is -4.91. The summed E-state index contributed by atoms with van der Waals surface area (Å²) in [5.41, 5.74) is 9.33. The zero-order valence-corrected chi connectivity index (χ0v) is 18.9. The number of benzene rings is 4. The van der Waals surface area contributed by atoms with Gasteiger partial charge in [-0.15, -0.1) is 0 Å². The number of nitrogens with one attached hydrogen (secondary N) is 4. The molecule has 0 heterocycles. The molecule has 0 aliphatic heterocycles. The van der Waals surface area contributed by atoms with E-state index in [1.54, 1.807) is 48.5 Å². The summed E-state index contributed by atoms with van der Waals surface area (Å²) in [6.07, 6.45) is 0. The minimum Gasteiger partial charge on any atom is -0.384 e. The summed E-state index contributed by atoms with van der Waals surface area (Å²) in [6.45, 7) is 0. The molecular formula is C28H25N5O2. The van der Waals surface area contributed by atoms with Gasteiger partial charge < -0.3 is 21.7 Å². The maximum atomic E-state index is 13.2. The smallest absolute Gasteiger partial charge is 0.323 e. The van der Waals surface area contributed by atoms with Crippen molar-refractivity contribution in [3.05, 3.63) is 131 Å². The summed E-state index contributed by atoms with van der Waals surface area (Å²) in [6, 6.07) is 32.1. The lowest BCUT2D eigenvalue weighted by molar-refractivity contribution is 0.0943. The van der Waals surface area contributed by atoms with Crippen LogP contribution in [0.5, 0.6) is 0 Å². The van der Waals surface area contributed by atoms with Crippen molar-refractivity contribution in [2.45, 2.75) is 6.04 Å². The molecule has 0 aromatic heterocycles. The third-order valence-corrected chi connectivity index (χ3v) is 5.36. The van der Waals surface area contributed by atoms with Gasteiger partial charge in [-0.2, -0.15) is 0 Å². The molecule has 0 saturated carbocycles. The van der Waals surface area contributed by atoms with Gasteiger partial charge in [0.25, 0.3) is 5.91 Å². The second-order valence-electron chi connectivity index (χ2n) is 7.88. The van der Waals surface area contributed by atoms with Crippen molar-refractivity contribution in [1.29, 1.82) is 5.41 Å². The normalized spacial score (nSPS) is 10.4. The Labute approximate surface area is 203 Å². The van der Waals surface area contributed by atoms with E-state index in [4.69, 9.17) is 11.1 Å². The van der Waals surface area contributed by atoms with Crippen LogP contribution in [-0.4, -0.2) is 17.8 Å². The number of urea groups is 1. The van der Waals surface area contributed by atoms with Gasteiger partial charge >= 0.3 is 6.03 Å². The number of amidine groups is 1. The van der Waals surface area contributed by atoms with Gasteiger partial charge in [0.15, 0.2) is 0 Å². The number of hydrogen-bond donors (Lipinski definition) is 5. The molecule has 0 spiro atoms. The van der Waals surface area contributed by atoms with Gasteiger partial charge in [-0.3, -0.25) is 10.2 Å². The number of amides is 3. The maximum absolute atomic E-state index is 13.2. The highest BCUT2D eigenvalue weighted by Gasteiger charge is 2.18. The number of carbonyl (C=O) groups excluding carboxylic acids is 2. The van der Waals surface area contributed by atoms with Crippen LogP contribution in [0.3, 0.4) is 0 Å². The monoisotopic (exact) mass is 463 g/mol. The van der Waals surface area contributed by atoms with E-state index in [0.29, 0.717) is 22.5 Å². The molecule has 35 heavy (non-hydrogen) atoms. The van der Waals surface area contributed by atoms with Gasteiger partial charge in [-0.1, -0.05) is 78.9 Å². The van der Waals surface area contributed by atoms with Crippen molar-refractivity contribution in [3.8, 4) is 0 Å². The van der Waals surface area contributed by atoms with Crippen molar-refractivity contribution in [3.63, 3.8) is 0 Å². The van der Waals surface area contributed by atoms with Gasteiger partial charge in [-0.05, 0) is 41.5 Å². The third kappa shape index (κ3) is 6.11. The highest BCUT2D eigenvalue weighted by molar-refractivity contribution is 6.02. The Balaban J connectivity index is 1.47. The Morgan fingerprint density at radius 1 is 0.657 bits per heavy atom. The Morgan fingerprint density at radius 2 is 1.14 bits per heavy atom. The van der Waals surface area contributed by atoms with Crippen LogP contribution < -0.4 is 21.7 Å². The quantitative estimate of drug-likeness (QED) is 0.193. The molecule has 7 nitrogen and oxygen atoms in total. The van der Waals surface area contributed by atoms with Gasteiger partial charge in [0.2, 0.25) is 0 Å². The van der Waals surface area contributed by atoms with Gasteiger partial charge in [-0.25, -0.2) is 4.79 Å². The summed E-state index contributed by atoms with van der Waals surface area (Å²) in [7, 11) is 0. The maximum Gasteiger partial charge on any atom is 0.323 e. The Morgan fingerprint density at radius 3 is 1.66 bits per heavy atom. The average molecular weight is 464 g/mol. The standard InChI is InChI=1S/C28H25N5O2/c29-26(30)21-13-7-15-23(17-21)31-28(35)32-24-16-8-14-22(18-24)27(34)33-25(19-9-3-1-4-10-19)20-11-5-2-6-12-20/h1-18,25H,(H3,29,30)(H,33,34)(H2,31,32,35). The van der Waals surface area contributed by atoms with Crippen molar-refractivity contribution >= 4 is 29.1 Å². The molecule has 0 bridgehead atoms. The van der Waals surface area contributed by atoms with E-state index in [2.05, 4.69) is 16.0 Å². The first-order valence-corrected chi connectivity index (χ1v) is 11.0. The summed E-state index contributed by atoms with van der Waals surface area (Å²) in [4.78, 5) is 25.6. The topological polar surface area (TPSA) is 120 Å². The summed E-state index contributed by atoms with van der Waals surface area (Å²) in [5.74, 6) is -0.349. The highest BCUT2D eigenvalue weighted by Crippen LogP contribution is 2.23. The van der Waals surface area contributed by atoms with Crippen molar-refractivity contribution in [2.24, 2.45) is 5.73 Å². The molecule has 4 aromatic rings. The fourth-order valence-corrected chi connectivity index (χ4v) is 3.66. The average Bonchev–Trinajstić information content (AvgIpc) is 2.88. The lowest BCUT2D eigenvalue weighted by Gasteiger charge is -2.20. The van der Waals surface area contributed by atoms with Crippen LogP contribution in [0, 0.1) is 5.41 Å². The molecular weight excluding hydrogens is 438 g/mol. The highest BCUT2D eigenvalue weighted by atomic mass is 16.2.